The maximum absolute atomic E-state index is 12.3. The second-order valence-corrected chi connectivity index (χ2v) is 6.41. The van der Waals surface area contributed by atoms with Crippen molar-refractivity contribution in [3.63, 3.8) is 0 Å². The summed E-state index contributed by atoms with van der Waals surface area (Å²) in [5.74, 6) is -1.96. The monoisotopic (exact) mass is 273 g/mol. The van der Waals surface area contributed by atoms with Crippen LogP contribution in [0.4, 0.5) is 0 Å². The first kappa shape index (κ1) is 13.2. The molecule has 4 heteroatoms. The van der Waals surface area contributed by atoms with E-state index in [4.69, 9.17) is 5.11 Å². The van der Waals surface area contributed by atoms with Gasteiger partial charge in [-0.15, -0.1) is 0 Å². The first-order chi connectivity index (χ1) is 9.43. The standard InChI is InChI=1S/C16H19NO3/c1-16(2)12(13(16)15(19)20)14(18)17-11-8-7-9-5-3-4-6-10(9)11/h3-6,11-13H,7-8H2,1-2H3,(H,17,18)(H,19,20). The second kappa shape index (κ2) is 4.33. The highest BCUT2D eigenvalue weighted by atomic mass is 16.4. The molecular weight excluding hydrogens is 254 g/mol. The van der Waals surface area contributed by atoms with Gasteiger partial charge in [-0.3, -0.25) is 9.59 Å². The Balaban J connectivity index is 1.72. The number of amides is 1. The zero-order valence-electron chi connectivity index (χ0n) is 11.7. The number of aryl methyl sites for hydroxylation is 1. The largest absolute Gasteiger partial charge is 0.481 e. The number of carbonyl (C=O) groups excluding carboxylic acids is 1. The minimum atomic E-state index is -0.873. The van der Waals surface area contributed by atoms with Crippen molar-refractivity contribution in [3.8, 4) is 0 Å². The van der Waals surface area contributed by atoms with Crippen LogP contribution in [0.15, 0.2) is 24.3 Å². The van der Waals surface area contributed by atoms with Crippen molar-refractivity contribution in [3.05, 3.63) is 35.4 Å². The van der Waals surface area contributed by atoms with Crippen molar-refractivity contribution in [2.24, 2.45) is 17.3 Å². The van der Waals surface area contributed by atoms with Gasteiger partial charge < -0.3 is 10.4 Å². The molecule has 0 aliphatic heterocycles. The summed E-state index contributed by atoms with van der Waals surface area (Å²) < 4.78 is 0. The summed E-state index contributed by atoms with van der Waals surface area (Å²) in [5.41, 5.74) is 2.02. The van der Waals surface area contributed by atoms with E-state index in [-0.39, 0.29) is 11.9 Å². The highest BCUT2D eigenvalue weighted by Crippen LogP contribution is 2.58. The Morgan fingerprint density at radius 3 is 2.60 bits per heavy atom. The smallest absolute Gasteiger partial charge is 0.307 e. The highest BCUT2D eigenvalue weighted by molar-refractivity contribution is 5.91. The van der Waals surface area contributed by atoms with Crippen LogP contribution >= 0.6 is 0 Å². The van der Waals surface area contributed by atoms with Gasteiger partial charge in [-0.2, -0.15) is 0 Å². The van der Waals surface area contributed by atoms with Crippen molar-refractivity contribution in [1.82, 2.24) is 5.32 Å². The van der Waals surface area contributed by atoms with E-state index in [2.05, 4.69) is 11.4 Å². The fourth-order valence-corrected chi connectivity index (χ4v) is 3.56. The summed E-state index contributed by atoms with van der Waals surface area (Å²) in [5, 5.41) is 12.2. The molecule has 0 aromatic heterocycles. The van der Waals surface area contributed by atoms with Crippen molar-refractivity contribution >= 4 is 11.9 Å². The molecule has 3 rings (SSSR count). The van der Waals surface area contributed by atoms with Gasteiger partial charge in [0.2, 0.25) is 5.91 Å². The van der Waals surface area contributed by atoms with E-state index in [0.717, 1.165) is 12.8 Å². The van der Waals surface area contributed by atoms with E-state index in [1.165, 1.54) is 11.1 Å². The molecule has 0 spiro atoms. The maximum Gasteiger partial charge on any atom is 0.307 e. The third kappa shape index (κ3) is 1.90. The molecule has 4 nitrogen and oxygen atoms in total. The van der Waals surface area contributed by atoms with Gasteiger partial charge in [-0.05, 0) is 29.4 Å². The Bertz CT molecular complexity index is 579. The molecule has 20 heavy (non-hydrogen) atoms. The summed E-state index contributed by atoms with van der Waals surface area (Å²) in [6.45, 7) is 3.69. The first-order valence-electron chi connectivity index (χ1n) is 7.04. The second-order valence-electron chi connectivity index (χ2n) is 6.41. The quantitative estimate of drug-likeness (QED) is 0.886. The van der Waals surface area contributed by atoms with Crippen molar-refractivity contribution < 1.29 is 14.7 Å². The zero-order chi connectivity index (χ0) is 14.5. The molecule has 2 aliphatic rings. The van der Waals surface area contributed by atoms with Gasteiger partial charge in [0.15, 0.2) is 0 Å². The molecule has 106 valence electrons. The summed E-state index contributed by atoms with van der Waals surface area (Å²) in [7, 11) is 0. The lowest BCUT2D eigenvalue weighted by molar-refractivity contribution is -0.140. The first-order valence-corrected chi connectivity index (χ1v) is 7.04. The van der Waals surface area contributed by atoms with Crippen LogP contribution in [0.2, 0.25) is 0 Å². The minimum Gasteiger partial charge on any atom is -0.481 e. The van der Waals surface area contributed by atoms with Gasteiger partial charge in [-0.25, -0.2) is 0 Å². The van der Waals surface area contributed by atoms with E-state index in [1.807, 2.05) is 32.0 Å². The Morgan fingerprint density at radius 1 is 1.25 bits per heavy atom. The Hall–Kier alpha value is -1.84. The van der Waals surface area contributed by atoms with Crippen molar-refractivity contribution in [2.75, 3.05) is 0 Å². The Labute approximate surface area is 118 Å². The summed E-state index contributed by atoms with van der Waals surface area (Å²) >= 11 is 0. The lowest BCUT2D eigenvalue weighted by atomic mass is 10.1. The summed E-state index contributed by atoms with van der Waals surface area (Å²) in [6.07, 6.45) is 1.87. The SMILES string of the molecule is CC1(C)C(C(=O)O)C1C(=O)NC1CCc2ccccc21. The number of carboxylic acids is 1. The predicted molar refractivity (Wildman–Crippen MR) is 74.0 cm³/mol. The van der Waals surface area contributed by atoms with Gasteiger partial charge in [0.25, 0.3) is 0 Å². The average molecular weight is 273 g/mol. The Morgan fingerprint density at radius 2 is 1.95 bits per heavy atom. The third-order valence-corrected chi connectivity index (χ3v) is 4.83. The third-order valence-electron chi connectivity index (χ3n) is 4.83. The predicted octanol–water partition coefficient (Wildman–Crippen LogP) is 2.15. The molecule has 1 amide bonds. The molecule has 1 aromatic rings. The van der Waals surface area contributed by atoms with Crippen LogP contribution in [-0.4, -0.2) is 17.0 Å². The fraction of sp³-hybridized carbons (Fsp3) is 0.500. The molecule has 0 saturated heterocycles. The van der Waals surface area contributed by atoms with Crippen LogP contribution in [0.3, 0.4) is 0 Å². The fourth-order valence-electron chi connectivity index (χ4n) is 3.56. The van der Waals surface area contributed by atoms with Crippen LogP contribution < -0.4 is 5.32 Å². The van der Waals surface area contributed by atoms with Gasteiger partial charge in [-0.1, -0.05) is 38.1 Å². The van der Waals surface area contributed by atoms with Crippen LogP contribution in [-0.2, 0) is 16.0 Å². The molecule has 2 N–H and O–H groups in total. The molecule has 0 heterocycles. The molecule has 0 radical (unpaired) electrons. The van der Waals surface area contributed by atoms with E-state index in [0.29, 0.717) is 0 Å². The van der Waals surface area contributed by atoms with Crippen LogP contribution in [0.1, 0.15) is 37.4 Å². The lowest BCUT2D eigenvalue weighted by Crippen LogP contribution is -2.30. The number of nitrogens with one attached hydrogen (secondary N) is 1. The minimum absolute atomic E-state index is 0.0320. The van der Waals surface area contributed by atoms with Crippen LogP contribution in [0, 0.1) is 17.3 Å². The molecule has 1 fully saturated rings. The van der Waals surface area contributed by atoms with E-state index in [9.17, 15) is 9.59 Å². The average Bonchev–Trinajstić information content (AvgIpc) is 2.77. The number of hydrogen-bond acceptors (Lipinski definition) is 2. The number of carbonyl (C=O) groups is 2. The molecule has 2 aliphatic carbocycles. The molecule has 3 atom stereocenters. The van der Waals surface area contributed by atoms with Crippen molar-refractivity contribution in [2.45, 2.75) is 32.7 Å². The van der Waals surface area contributed by atoms with E-state index in [1.54, 1.807) is 0 Å². The van der Waals surface area contributed by atoms with Gasteiger partial charge in [0, 0.05) is 0 Å². The number of benzene rings is 1. The maximum atomic E-state index is 12.3. The van der Waals surface area contributed by atoms with Crippen LogP contribution in [0.5, 0.6) is 0 Å². The highest BCUT2D eigenvalue weighted by Gasteiger charge is 2.66. The van der Waals surface area contributed by atoms with Crippen molar-refractivity contribution in [1.29, 1.82) is 0 Å². The summed E-state index contributed by atoms with van der Waals surface area (Å²) in [6, 6.07) is 8.14. The number of carboxylic acid groups (broad SMARTS) is 1. The Kier molecular flexibility index (Phi) is 2.85. The summed E-state index contributed by atoms with van der Waals surface area (Å²) in [4.78, 5) is 23.5. The van der Waals surface area contributed by atoms with Crippen LogP contribution in [0.25, 0.3) is 0 Å². The number of fused-ring (bicyclic) bond motifs is 1. The molecular formula is C16H19NO3. The number of hydrogen-bond donors (Lipinski definition) is 2. The van der Waals surface area contributed by atoms with E-state index < -0.39 is 23.2 Å². The number of rotatable bonds is 3. The molecule has 3 unspecified atom stereocenters. The van der Waals surface area contributed by atoms with Gasteiger partial charge in [0.1, 0.15) is 0 Å². The molecule has 1 aromatic carbocycles. The topological polar surface area (TPSA) is 66.4 Å². The lowest BCUT2D eigenvalue weighted by Gasteiger charge is -2.14. The van der Waals surface area contributed by atoms with Gasteiger partial charge in [0.05, 0.1) is 17.9 Å². The van der Waals surface area contributed by atoms with E-state index >= 15 is 0 Å². The normalized spacial score (nSPS) is 29.6. The molecule has 0 bridgehead atoms. The zero-order valence-corrected chi connectivity index (χ0v) is 11.7. The van der Waals surface area contributed by atoms with Gasteiger partial charge >= 0.3 is 5.97 Å². The molecule has 1 saturated carbocycles. The number of aliphatic carboxylic acids is 1.